The molecule has 1 amide bonds. The van der Waals surface area contributed by atoms with Crippen LogP contribution in [0.25, 0.3) is 0 Å². The number of alkyl halides is 3. The summed E-state index contributed by atoms with van der Waals surface area (Å²) in [6, 6.07) is 5.13. The Morgan fingerprint density at radius 1 is 1.29 bits per heavy atom. The van der Waals surface area contributed by atoms with E-state index in [4.69, 9.17) is 5.73 Å². The van der Waals surface area contributed by atoms with E-state index in [2.05, 4.69) is 0 Å². The Kier molecular flexibility index (Phi) is 5.91. The maximum absolute atomic E-state index is 12.6. The van der Waals surface area contributed by atoms with Gasteiger partial charge in [-0.25, -0.2) is 0 Å². The molecule has 2 rings (SSSR count). The van der Waals surface area contributed by atoms with Crippen LogP contribution in [0.3, 0.4) is 0 Å². The summed E-state index contributed by atoms with van der Waals surface area (Å²) in [6.45, 7) is 5.25. The molecular weight excluding hydrogens is 317 g/mol. The van der Waals surface area contributed by atoms with Gasteiger partial charge < -0.3 is 10.6 Å². The average Bonchev–Trinajstić information content (AvgIpc) is 2.54. The first-order valence-corrected chi connectivity index (χ1v) is 8.39. The number of hydrogen-bond donors (Lipinski definition) is 1. The smallest absolute Gasteiger partial charge is 0.342 e. The van der Waals surface area contributed by atoms with Crippen molar-refractivity contribution in [2.45, 2.75) is 51.2 Å². The number of nitrogens with two attached hydrogens (primary N) is 1. The minimum absolute atomic E-state index is 0.0488. The average molecular weight is 342 g/mol. The summed E-state index contributed by atoms with van der Waals surface area (Å²) in [5.41, 5.74) is 6.02. The molecule has 134 valence electrons. The van der Waals surface area contributed by atoms with E-state index in [1.807, 2.05) is 18.7 Å². The minimum atomic E-state index is -4.33. The van der Waals surface area contributed by atoms with E-state index in [0.717, 1.165) is 37.1 Å². The molecule has 1 aliphatic heterocycles. The second-order valence-corrected chi connectivity index (χ2v) is 6.83. The second kappa shape index (κ2) is 7.55. The zero-order chi connectivity index (χ0) is 17.9. The van der Waals surface area contributed by atoms with Gasteiger partial charge in [0.1, 0.15) is 0 Å². The molecule has 1 aromatic rings. The molecule has 1 aromatic carbocycles. The number of halogens is 3. The Morgan fingerprint density at radius 2 is 1.92 bits per heavy atom. The van der Waals surface area contributed by atoms with E-state index in [-0.39, 0.29) is 17.9 Å². The van der Waals surface area contributed by atoms with E-state index in [9.17, 15) is 18.0 Å². The number of amides is 1. The number of nitrogens with zero attached hydrogens (tertiary/aromatic N) is 1. The summed E-state index contributed by atoms with van der Waals surface area (Å²) in [4.78, 5) is 14.3. The maximum Gasteiger partial charge on any atom is 0.416 e. The number of likely N-dealkylation sites (tertiary alicyclic amines) is 1. The normalized spacial score (nSPS) is 21.4. The van der Waals surface area contributed by atoms with Crippen molar-refractivity contribution >= 4 is 5.91 Å². The third-order valence-electron chi connectivity index (χ3n) is 4.84. The molecule has 24 heavy (non-hydrogen) atoms. The fourth-order valence-electron chi connectivity index (χ4n) is 3.18. The molecule has 1 fully saturated rings. The fourth-order valence-corrected chi connectivity index (χ4v) is 3.18. The first kappa shape index (κ1) is 18.8. The van der Waals surface area contributed by atoms with Gasteiger partial charge >= 0.3 is 6.18 Å². The molecule has 1 aliphatic rings. The predicted molar refractivity (Wildman–Crippen MR) is 87.4 cm³/mol. The molecule has 0 saturated carbocycles. The molecule has 2 N–H and O–H groups in total. The first-order valence-electron chi connectivity index (χ1n) is 8.39. The fraction of sp³-hybridized carbons (Fsp3) is 0.611. The highest BCUT2D eigenvalue weighted by Gasteiger charge is 2.30. The predicted octanol–water partition coefficient (Wildman–Crippen LogP) is 3.78. The number of carbonyl (C=O) groups is 1. The van der Waals surface area contributed by atoms with Gasteiger partial charge in [-0.15, -0.1) is 0 Å². The molecule has 0 aliphatic carbocycles. The quantitative estimate of drug-likeness (QED) is 0.905. The van der Waals surface area contributed by atoms with Gasteiger partial charge in [-0.2, -0.15) is 13.2 Å². The number of rotatable bonds is 4. The van der Waals surface area contributed by atoms with E-state index < -0.39 is 11.7 Å². The van der Waals surface area contributed by atoms with Crippen molar-refractivity contribution in [1.82, 2.24) is 4.90 Å². The van der Waals surface area contributed by atoms with Gasteiger partial charge in [-0.1, -0.05) is 19.1 Å². The molecule has 0 spiro atoms. The lowest BCUT2D eigenvalue weighted by molar-refractivity contribution is -0.137. The second-order valence-electron chi connectivity index (χ2n) is 6.83. The molecule has 3 nitrogen and oxygen atoms in total. The Labute approximate surface area is 141 Å². The highest BCUT2D eigenvalue weighted by Crippen LogP contribution is 2.31. The summed E-state index contributed by atoms with van der Waals surface area (Å²) in [6.07, 6.45) is -2.04. The first-order chi connectivity index (χ1) is 11.2. The number of benzene rings is 1. The van der Waals surface area contributed by atoms with Crippen molar-refractivity contribution in [3.63, 3.8) is 0 Å². The molecule has 1 saturated heterocycles. The molecule has 1 heterocycles. The van der Waals surface area contributed by atoms with Gasteiger partial charge in [-0.3, -0.25) is 4.79 Å². The topological polar surface area (TPSA) is 46.3 Å². The Balaban J connectivity index is 1.96. The highest BCUT2D eigenvalue weighted by molar-refractivity contribution is 5.77. The van der Waals surface area contributed by atoms with E-state index in [1.54, 1.807) is 0 Å². The molecule has 0 bridgehead atoms. The molecule has 3 atom stereocenters. The van der Waals surface area contributed by atoms with Crippen molar-refractivity contribution in [2.75, 3.05) is 13.1 Å². The van der Waals surface area contributed by atoms with Crippen molar-refractivity contribution < 1.29 is 18.0 Å². The van der Waals surface area contributed by atoms with Crippen LogP contribution >= 0.6 is 0 Å². The lowest BCUT2D eigenvalue weighted by Crippen LogP contribution is -2.45. The number of hydrogen-bond acceptors (Lipinski definition) is 2. The van der Waals surface area contributed by atoms with Crippen LogP contribution in [0.2, 0.25) is 0 Å². The van der Waals surface area contributed by atoms with Gasteiger partial charge in [0.25, 0.3) is 0 Å². The summed E-state index contributed by atoms with van der Waals surface area (Å²) in [7, 11) is 0. The third-order valence-corrected chi connectivity index (χ3v) is 4.84. The van der Waals surface area contributed by atoms with Crippen molar-refractivity contribution in [1.29, 1.82) is 0 Å². The van der Waals surface area contributed by atoms with Gasteiger partial charge in [0, 0.05) is 25.6 Å². The zero-order valence-electron chi connectivity index (χ0n) is 14.1. The lowest BCUT2D eigenvalue weighted by atomic mass is 9.91. The van der Waals surface area contributed by atoms with Crippen molar-refractivity contribution in [3.05, 3.63) is 35.4 Å². The summed E-state index contributed by atoms with van der Waals surface area (Å²) < 4.78 is 37.8. The van der Waals surface area contributed by atoms with E-state index in [0.29, 0.717) is 18.9 Å². The minimum Gasteiger partial charge on any atom is -0.342 e. The van der Waals surface area contributed by atoms with Crippen LogP contribution in [0.4, 0.5) is 13.2 Å². The molecule has 6 heteroatoms. The number of piperidine rings is 1. The van der Waals surface area contributed by atoms with Gasteiger partial charge in [0.15, 0.2) is 0 Å². The maximum atomic E-state index is 12.6. The highest BCUT2D eigenvalue weighted by atomic mass is 19.4. The van der Waals surface area contributed by atoms with Crippen LogP contribution in [0.15, 0.2) is 24.3 Å². The van der Waals surface area contributed by atoms with Crippen LogP contribution in [0.5, 0.6) is 0 Å². The zero-order valence-corrected chi connectivity index (χ0v) is 14.1. The summed E-state index contributed by atoms with van der Waals surface area (Å²) >= 11 is 0. The molecular formula is C18H25F3N2O. The van der Waals surface area contributed by atoms with Crippen molar-refractivity contribution in [3.8, 4) is 0 Å². The number of carbonyl (C=O) groups excluding carboxylic acids is 1. The SMILES string of the molecule is CC(CC(=O)N1CCCC(C(C)N)C1)c1ccc(C(F)(F)F)cc1. The van der Waals surface area contributed by atoms with Crippen LogP contribution in [0.1, 0.15) is 50.2 Å². The van der Waals surface area contributed by atoms with E-state index in [1.165, 1.54) is 12.1 Å². The monoisotopic (exact) mass is 342 g/mol. The van der Waals surface area contributed by atoms with Crippen LogP contribution in [-0.4, -0.2) is 29.9 Å². The third kappa shape index (κ3) is 4.72. The van der Waals surface area contributed by atoms with Gasteiger partial charge in [0.2, 0.25) is 5.91 Å². The van der Waals surface area contributed by atoms with Crippen LogP contribution < -0.4 is 5.73 Å². The molecule has 0 radical (unpaired) electrons. The molecule has 0 aromatic heterocycles. The van der Waals surface area contributed by atoms with Gasteiger partial charge in [-0.05, 0) is 49.3 Å². The summed E-state index contributed by atoms with van der Waals surface area (Å²) in [5, 5.41) is 0. The lowest BCUT2D eigenvalue weighted by Gasteiger charge is -2.35. The van der Waals surface area contributed by atoms with E-state index >= 15 is 0 Å². The Bertz CT molecular complexity index is 554. The molecule has 3 unspecified atom stereocenters. The Morgan fingerprint density at radius 3 is 2.46 bits per heavy atom. The van der Waals surface area contributed by atoms with Crippen LogP contribution in [0, 0.1) is 5.92 Å². The summed E-state index contributed by atoms with van der Waals surface area (Å²) in [5.74, 6) is 0.257. The van der Waals surface area contributed by atoms with Crippen LogP contribution in [-0.2, 0) is 11.0 Å². The van der Waals surface area contributed by atoms with Gasteiger partial charge in [0.05, 0.1) is 5.56 Å². The largest absolute Gasteiger partial charge is 0.416 e. The van der Waals surface area contributed by atoms with Crippen molar-refractivity contribution in [2.24, 2.45) is 11.7 Å². The standard InChI is InChI=1S/C18H25F3N2O/c1-12(14-5-7-16(8-6-14)18(19,20)21)10-17(24)23-9-3-4-15(11-23)13(2)22/h5-8,12-13,15H,3-4,9-11,22H2,1-2H3. The Hall–Kier alpha value is -1.56.